The predicted molar refractivity (Wildman–Crippen MR) is 70.4 cm³/mol. The van der Waals surface area contributed by atoms with Gasteiger partial charge in [0.15, 0.2) is 0 Å². The molecular weight excluding hydrogens is 226 g/mol. The SMILES string of the molecule is COc1ccc(C)cc1CC(N)c1ncccn1. The van der Waals surface area contributed by atoms with Gasteiger partial charge in [0.2, 0.25) is 0 Å². The van der Waals surface area contributed by atoms with E-state index in [0.717, 1.165) is 11.3 Å². The molecule has 0 bridgehead atoms. The lowest BCUT2D eigenvalue weighted by molar-refractivity contribution is 0.407. The van der Waals surface area contributed by atoms with Gasteiger partial charge in [0.1, 0.15) is 11.6 Å². The van der Waals surface area contributed by atoms with Crippen molar-refractivity contribution in [3.05, 3.63) is 53.6 Å². The van der Waals surface area contributed by atoms with E-state index in [-0.39, 0.29) is 6.04 Å². The van der Waals surface area contributed by atoms with Gasteiger partial charge in [-0.3, -0.25) is 0 Å². The van der Waals surface area contributed by atoms with E-state index >= 15 is 0 Å². The number of aryl methyl sites for hydroxylation is 1. The highest BCUT2D eigenvalue weighted by Gasteiger charge is 2.12. The van der Waals surface area contributed by atoms with Crippen LogP contribution >= 0.6 is 0 Å². The molecule has 18 heavy (non-hydrogen) atoms. The Balaban J connectivity index is 2.21. The Labute approximate surface area is 107 Å². The first-order chi connectivity index (χ1) is 8.70. The number of methoxy groups -OCH3 is 1. The van der Waals surface area contributed by atoms with Crippen molar-refractivity contribution >= 4 is 0 Å². The summed E-state index contributed by atoms with van der Waals surface area (Å²) >= 11 is 0. The molecule has 0 saturated carbocycles. The lowest BCUT2D eigenvalue weighted by Gasteiger charge is -2.13. The number of nitrogens with zero attached hydrogens (tertiary/aromatic N) is 2. The molecule has 1 heterocycles. The van der Waals surface area contributed by atoms with Crippen molar-refractivity contribution in [1.29, 1.82) is 0 Å². The van der Waals surface area contributed by atoms with Gasteiger partial charge < -0.3 is 10.5 Å². The molecule has 2 rings (SSSR count). The first-order valence-corrected chi connectivity index (χ1v) is 5.86. The van der Waals surface area contributed by atoms with Gasteiger partial charge >= 0.3 is 0 Å². The van der Waals surface area contributed by atoms with Gasteiger partial charge in [0.25, 0.3) is 0 Å². The number of rotatable bonds is 4. The third kappa shape index (κ3) is 2.84. The van der Waals surface area contributed by atoms with Crippen LogP contribution in [0.4, 0.5) is 0 Å². The molecule has 0 amide bonds. The predicted octanol–water partition coefficient (Wildman–Crippen LogP) is 2.04. The summed E-state index contributed by atoms with van der Waals surface area (Å²) in [4.78, 5) is 8.35. The zero-order valence-corrected chi connectivity index (χ0v) is 10.6. The molecule has 4 heteroatoms. The molecular formula is C14H17N3O. The maximum Gasteiger partial charge on any atom is 0.145 e. The fourth-order valence-electron chi connectivity index (χ4n) is 1.90. The van der Waals surface area contributed by atoms with Crippen LogP contribution in [0.15, 0.2) is 36.7 Å². The van der Waals surface area contributed by atoms with Gasteiger partial charge in [-0.2, -0.15) is 0 Å². The van der Waals surface area contributed by atoms with Crippen LogP contribution in [0.5, 0.6) is 5.75 Å². The smallest absolute Gasteiger partial charge is 0.145 e. The zero-order chi connectivity index (χ0) is 13.0. The van der Waals surface area contributed by atoms with Crippen LogP contribution in [0.25, 0.3) is 0 Å². The first kappa shape index (κ1) is 12.5. The summed E-state index contributed by atoms with van der Waals surface area (Å²) in [6.07, 6.45) is 4.07. The minimum Gasteiger partial charge on any atom is -0.496 e. The Morgan fingerprint density at radius 1 is 1.28 bits per heavy atom. The number of hydrogen-bond acceptors (Lipinski definition) is 4. The van der Waals surface area contributed by atoms with E-state index < -0.39 is 0 Å². The summed E-state index contributed by atoms with van der Waals surface area (Å²) in [7, 11) is 1.67. The van der Waals surface area contributed by atoms with Crippen LogP contribution in [-0.2, 0) is 6.42 Å². The molecule has 1 atom stereocenters. The first-order valence-electron chi connectivity index (χ1n) is 5.86. The quantitative estimate of drug-likeness (QED) is 0.892. The standard InChI is InChI=1S/C14H17N3O/c1-10-4-5-13(18-2)11(8-10)9-12(15)14-16-6-3-7-17-14/h3-8,12H,9,15H2,1-2H3. The fourth-order valence-corrected chi connectivity index (χ4v) is 1.90. The van der Waals surface area contributed by atoms with E-state index in [0.29, 0.717) is 12.2 Å². The summed E-state index contributed by atoms with van der Waals surface area (Å²) < 4.78 is 5.34. The number of hydrogen-bond donors (Lipinski definition) is 1. The van der Waals surface area contributed by atoms with Gasteiger partial charge in [0, 0.05) is 12.4 Å². The number of nitrogens with two attached hydrogens (primary N) is 1. The lowest BCUT2D eigenvalue weighted by Crippen LogP contribution is -2.16. The van der Waals surface area contributed by atoms with E-state index in [1.165, 1.54) is 5.56 Å². The van der Waals surface area contributed by atoms with Crippen molar-refractivity contribution < 1.29 is 4.74 Å². The van der Waals surface area contributed by atoms with Gasteiger partial charge in [-0.1, -0.05) is 17.7 Å². The second-order valence-corrected chi connectivity index (χ2v) is 4.23. The topological polar surface area (TPSA) is 61.0 Å². The molecule has 0 aliphatic rings. The maximum absolute atomic E-state index is 6.12. The molecule has 0 aliphatic heterocycles. The number of aromatic nitrogens is 2. The maximum atomic E-state index is 6.12. The van der Waals surface area contributed by atoms with E-state index in [4.69, 9.17) is 10.5 Å². The Morgan fingerprint density at radius 3 is 2.67 bits per heavy atom. The second-order valence-electron chi connectivity index (χ2n) is 4.23. The van der Waals surface area contributed by atoms with Gasteiger partial charge in [-0.05, 0) is 31.0 Å². The minimum atomic E-state index is -0.220. The molecule has 94 valence electrons. The molecule has 4 nitrogen and oxygen atoms in total. The van der Waals surface area contributed by atoms with E-state index in [1.54, 1.807) is 25.6 Å². The molecule has 1 aromatic heterocycles. The van der Waals surface area contributed by atoms with Gasteiger partial charge in [0.05, 0.1) is 13.2 Å². The van der Waals surface area contributed by atoms with Crippen molar-refractivity contribution in [3.8, 4) is 5.75 Å². The third-order valence-electron chi connectivity index (χ3n) is 2.79. The Morgan fingerprint density at radius 2 is 2.00 bits per heavy atom. The molecule has 0 saturated heterocycles. The summed E-state index contributed by atoms with van der Waals surface area (Å²) in [6.45, 7) is 2.05. The van der Waals surface area contributed by atoms with E-state index in [1.807, 2.05) is 19.1 Å². The van der Waals surface area contributed by atoms with Crippen LogP contribution in [0.3, 0.4) is 0 Å². The Hall–Kier alpha value is -1.94. The average Bonchev–Trinajstić information content (AvgIpc) is 2.40. The molecule has 1 unspecified atom stereocenters. The highest BCUT2D eigenvalue weighted by Crippen LogP contribution is 2.23. The summed E-state index contributed by atoms with van der Waals surface area (Å²) in [5.74, 6) is 1.51. The molecule has 0 fully saturated rings. The van der Waals surface area contributed by atoms with Crippen molar-refractivity contribution in [2.24, 2.45) is 5.73 Å². The van der Waals surface area contributed by atoms with Crippen molar-refractivity contribution in [3.63, 3.8) is 0 Å². The summed E-state index contributed by atoms with van der Waals surface area (Å²) in [5, 5.41) is 0. The van der Waals surface area contributed by atoms with Crippen LogP contribution in [0.1, 0.15) is 23.0 Å². The lowest BCUT2D eigenvalue weighted by atomic mass is 10.0. The van der Waals surface area contributed by atoms with Crippen molar-refractivity contribution in [2.45, 2.75) is 19.4 Å². The zero-order valence-electron chi connectivity index (χ0n) is 10.6. The Kier molecular flexibility index (Phi) is 3.89. The van der Waals surface area contributed by atoms with E-state index in [2.05, 4.69) is 16.0 Å². The molecule has 0 spiro atoms. The fraction of sp³-hybridized carbons (Fsp3) is 0.286. The third-order valence-corrected chi connectivity index (χ3v) is 2.79. The van der Waals surface area contributed by atoms with Gasteiger partial charge in [-0.15, -0.1) is 0 Å². The summed E-state index contributed by atoms with van der Waals surface area (Å²) in [6, 6.07) is 7.63. The van der Waals surface area contributed by atoms with Crippen molar-refractivity contribution in [2.75, 3.05) is 7.11 Å². The van der Waals surface area contributed by atoms with Gasteiger partial charge in [-0.25, -0.2) is 9.97 Å². The largest absolute Gasteiger partial charge is 0.496 e. The number of ether oxygens (including phenoxy) is 1. The average molecular weight is 243 g/mol. The normalized spacial score (nSPS) is 12.2. The highest BCUT2D eigenvalue weighted by atomic mass is 16.5. The molecule has 1 aromatic carbocycles. The van der Waals surface area contributed by atoms with E-state index in [9.17, 15) is 0 Å². The molecule has 2 N–H and O–H groups in total. The Bertz CT molecular complexity index is 514. The minimum absolute atomic E-state index is 0.220. The molecule has 2 aromatic rings. The monoisotopic (exact) mass is 243 g/mol. The van der Waals surface area contributed by atoms with Crippen molar-refractivity contribution in [1.82, 2.24) is 9.97 Å². The second kappa shape index (κ2) is 5.60. The van der Waals surface area contributed by atoms with Crippen LogP contribution in [-0.4, -0.2) is 17.1 Å². The summed E-state index contributed by atoms with van der Waals surface area (Å²) in [5.41, 5.74) is 8.39. The number of benzene rings is 1. The highest BCUT2D eigenvalue weighted by molar-refractivity contribution is 5.37. The molecule has 0 aliphatic carbocycles. The van der Waals surface area contributed by atoms with Crippen LogP contribution in [0, 0.1) is 6.92 Å². The van der Waals surface area contributed by atoms with Crippen LogP contribution < -0.4 is 10.5 Å². The molecule has 0 radical (unpaired) electrons. The van der Waals surface area contributed by atoms with Crippen LogP contribution in [0.2, 0.25) is 0 Å².